The number of oxime groups is 1. The first kappa shape index (κ1) is 30.1. The number of hydrogen-bond donors (Lipinski definition) is 3. The predicted molar refractivity (Wildman–Crippen MR) is 137 cm³/mol. The van der Waals surface area contributed by atoms with Gasteiger partial charge < -0.3 is 25.3 Å². The maximum Gasteiger partial charge on any atom is 0.290 e. The van der Waals surface area contributed by atoms with Gasteiger partial charge in [0, 0.05) is 25.4 Å². The molecule has 3 N–H and O–H groups in total. The lowest BCUT2D eigenvalue weighted by Gasteiger charge is -2.21. The van der Waals surface area contributed by atoms with E-state index in [9.17, 15) is 14.0 Å². The van der Waals surface area contributed by atoms with Crippen molar-refractivity contribution in [3.05, 3.63) is 52.9 Å². The highest BCUT2D eigenvalue weighted by Gasteiger charge is 2.31. The van der Waals surface area contributed by atoms with E-state index in [1.807, 2.05) is 0 Å². The largest absolute Gasteiger partial charge is 0.494 e. The first-order chi connectivity index (χ1) is 18.4. The number of nitrogens with zero attached hydrogens (tertiary/aromatic N) is 3. The molecule has 2 unspecified atom stereocenters. The van der Waals surface area contributed by atoms with E-state index in [2.05, 4.69) is 32.7 Å². The summed E-state index contributed by atoms with van der Waals surface area (Å²) < 4.78 is 18.6. The fourth-order valence-corrected chi connectivity index (χ4v) is 4.03. The lowest BCUT2D eigenvalue weighted by atomic mass is 9.89. The van der Waals surface area contributed by atoms with Crippen molar-refractivity contribution in [3.8, 4) is 5.75 Å². The molecule has 38 heavy (non-hydrogen) atoms. The molecule has 12 heteroatoms. The van der Waals surface area contributed by atoms with Crippen molar-refractivity contribution >= 4 is 24.5 Å². The number of carbonyl (C=O) groups excluding carboxylic acids is 2. The monoisotopic (exact) mass is 531 g/mol. The van der Waals surface area contributed by atoms with Crippen LogP contribution < -0.4 is 15.4 Å². The predicted octanol–water partition coefficient (Wildman–Crippen LogP) is 3.00. The first-order valence-corrected chi connectivity index (χ1v) is 12.3. The molecule has 0 saturated carbocycles. The molecule has 11 nitrogen and oxygen atoms in total. The number of benzene rings is 1. The quantitative estimate of drug-likeness (QED) is 0.263. The van der Waals surface area contributed by atoms with Crippen molar-refractivity contribution in [1.29, 1.82) is 0 Å². The lowest BCUT2D eigenvalue weighted by molar-refractivity contribution is -0.122. The van der Waals surface area contributed by atoms with Crippen LogP contribution in [-0.4, -0.2) is 59.3 Å². The number of nitrogens with one attached hydrogen (secondary N) is 2. The van der Waals surface area contributed by atoms with Gasteiger partial charge in [-0.15, -0.1) is 0 Å². The zero-order valence-corrected chi connectivity index (χ0v) is 21.8. The first-order valence-electron chi connectivity index (χ1n) is 12.3. The number of rotatable bonds is 13. The average Bonchev–Trinajstić information content (AvgIpc) is 3.40. The van der Waals surface area contributed by atoms with Crippen LogP contribution in [0.3, 0.4) is 0 Å². The van der Waals surface area contributed by atoms with Gasteiger partial charge in [0.15, 0.2) is 11.6 Å². The van der Waals surface area contributed by atoms with E-state index in [-0.39, 0.29) is 42.4 Å². The van der Waals surface area contributed by atoms with Crippen molar-refractivity contribution in [1.82, 2.24) is 20.6 Å². The molecule has 1 aromatic carbocycles. The number of methoxy groups -OCH3 is 1. The normalized spacial score (nSPS) is 14.7. The van der Waals surface area contributed by atoms with Crippen molar-refractivity contribution in [2.24, 2.45) is 11.1 Å². The van der Waals surface area contributed by atoms with E-state index in [4.69, 9.17) is 19.5 Å². The zero-order chi connectivity index (χ0) is 27.9. The third-order valence-electron chi connectivity index (χ3n) is 5.92. The summed E-state index contributed by atoms with van der Waals surface area (Å²) >= 11 is 0. The summed E-state index contributed by atoms with van der Waals surface area (Å²) in [6, 6.07) is 6.02. The molecular formula is C26H34FN5O6. The Labute approximate surface area is 220 Å². The van der Waals surface area contributed by atoms with Crippen molar-refractivity contribution in [3.63, 3.8) is 0 Å². The van der Waals surface area contributed by atoms with Gasteiger partial charge in [-0.3, -0.25) is 14.4 Å². The molecule has 0 radical (unpaired) electrons. The van der Waals surface area contributed by atoms with Crippen LogP contribution in [0.4, 0.5) is 4.39 Å². The summed E-state index contributed by atoms with van der Waals surface area (Å²) in [5, 5.41) is 16.7. The molecule has 1 aliphatic rings. The standard InChI is InChI=1S/C25H32FN5O4.CH2O2/c1-4-5-6-18(9-10-27-15-32)23-13-21(31-35-23)20-12-22(30-16(2)29-20)25(33)28-14-17-7-8-19(26)24(11-17)34-3;2-1-3/h7-8,11-12,15,18,23H,4-6,9-10,13-14H2,1-3H3,(H,27,32)(H,28,33);1H,(H,2,3). The SMILES string of the molecule is CCCCC(CCNC=O)C1CC(c2cc(C(=O)NCc3ccc(F)c(OC)c3)nc(C)n2)=NO1.O=CO. The van der Waals surface area contributed by atoms with Crippen LogP contribution in [0.25, 0.3) is 0 Å². The Bertz CT molecular complexity index is 1110. The molecule has 1 aromatic heterocycles. The van der Waals surface area contributed by atoms with Crippen molar-refractivity contribution < 1.29 is 33.5 Å². The Kier molecular flexibility index (Phi) is 12.6. The van der Waals surface area contributed by atoms with Gasteiger partial charge in [0.05, 0.1) is 12.8 Å². The molecule has 0 fully saturated rings. The molecule has 1 aliphatic heterocycles. The minimum atomic E-state index is -0.464. The van der Waals surface area contributed by atoms with Crippen LogP contribution in [0.5, 0.6) is 5.75 Å². The second kappa shape index (κ2) is 15.9. The summed E-state index contributed by atoms with van der Waals surface area (Å²) in [6.45, 7) is 4.38. The zero-order valence-electron chi connectivity index (χ0n) is 21.8. The van der Waals surface area contributed by atoms with Crippen LogP contribution in [0, 0.1) is 18.7 Å². The number of carbonyl (C=O) groups is 3. The fourth-order valence-electron chi connectivity index (χ4n) is 4.03. The topological polar surface area (TPSA) is 152 Å². The van der Waals surface area contributed by atoms with Gasteiger partial charge >= 0.3 is 0 Å². The molecule has 0 aliphatic carbocycles. The molecule has 2 atom stereocenters. The maximum atomic E-state index is 13.6. The summed E-state index contributed by atoms with van der Waals surface area (Å²) in [5.41, 5.74) is 2.13. The third-order valence-corrected chi connectivity index (χ3v) is 5.92. The number of amides is 2. The Hall–Kier alpha value is -4.09. The second-order valence-corrected chi connectivity index (χ2v) is 8.59. The van der Waals surface area contributed by atoms with E-state index in [0.29, 0.717) is 42.2 Å². The average molecular weight is 532 g/mol. The Morgan fingerprint density at radius 1 is 1.29 bits per heavy atom. The molecule has 0 bridgehead atoms. The van der Waals surface area contributed by atoms with Crippen LogP contribution in [0.2, 0.25) is 0 Å². The van der Waals surface area contributed by atoms with Crippen LogP contribution in [0.15, 0.2) is 29.4 Å². The third kappa shape index (κ3) is 9.09. The van der Waals surface area contributed by atoms with Gasteiger partial charge in [-0.1, -0.05) is 31.0 Å². The summed E-state index contributed by atoms with van der Waals surface area (Å²) in [7, 11) is 1.39. The second-order valence-electron chi connectivity index (χ2n) is 8.59. The van der Waals surface area contributed by atoms with E-state index in [1.54, 1.807) is 19.1 Å². The number of aryl methyl sites for hydroxylation is 1. The van der Waals surface area contributed by atoms with Crippen molar-refractivity contribution in [2.45, 2.75) is 58.6 Å². The van der Waals surface area contributed by atoms with E-state index in [1.165, 1.54) is 19.2 Å². The van der Waals surface area contributed by atoms with Gasteiger partial charge in [-0.05, 0) is 43.5 Å². The van der Waals surface area contributed by atoms with Crippen LogP contribution in [0.1, 0.15) is 66.6 Å². The Balaban J connectivity index is 0.00000161. The van der Waals surface area contributed by atoms with Gasteiger partial charge in [0.1, 0.15) is 23.3 Å². The van der Waals surface area contributed by atoms with E-state index >= 15 is 0 Å². The number of hydrogen-bond acceptors (Lipinski definition) is 8. The minimum Gasteiger partial charge on any atom is -0.494 e. The molecule has 0 spiro atoms. The molecule has 206 valence electrons. The molecule has 3 rings (SSSR count). The smallest absolute Gasteiger partial charge is 0.290 e. The Morgan fingerprint density at radius 3 is 2.74 bits per heavy atom. The number of halogens is 1. The molecule has 2 heterocycles. The fraction of sp³-hybridized carbons (Fsp3) is 0.462. The Morgan fingerprint density at radius 2 is 2.05 bits per heavy atom. The number of unbranched alkanes of at least 4 members (excludes halogenated alkanes) is 1. The van der Waals surface area contributed by atoms with Crippen molar-refractivity contribution in [2.75, 3.05) is 13.7 Å². The summed E-state index contributed by atoms with van der Waals surface area (Å²) in [6.07, 6.45) is 5.10. The number of aromatic nitrogens is 2. The van der Waals surface area contributed by atoms with Gasteiger partial charge in [-0.2, -0.15) is 0 Å². The van der Waals surface area contributed by atoms with E-state index < -0.39 is 5.82 Å². The van der Waals surface area contributed by atoms with Gasteiger partial charge in [-0.25, -0.2) is 14.4 Å². The number of carboxylic acid groups (broad SMARTS) is 1. The maximum absolute atomic E-state index is 13.6. The van der Waals surface area contributed by atoms with E-state index in [0.717, 1.165) is 25.7 Å². The van der Waals surface area contributed by atoms with Gasteiger partial charge in [0.2, 0.25) is 6.41 Å². The minimum absolute atomic E-state index is 0.106. The highest BCUT2D eigenvalue weighted by molar-refractivity contribution is 6.01. The highest BCUT2D eigenvalue weighted by atomic mass is 19.1. The number of ether oxygens (including phenoxy) is 1. The molecular weight excluding hydrogens is 497 g/mol. The van der Waals surface area contributed by atoms with Crippen LogP contribution in [-0.2, 0) is 21.0 Å². The van der Waals surface area contributed by atoms with Crippen LogP contribution >= 0.6 is 0 Å². The highest BCUT2D eigenvalue weighted by Crippen LogP contribution is 2.28. The molecule has 0 saturated heterocycles. The molecule has 2 aromatic rings. The lowest BCUT2D eigenvalue weighted by Crippen LogP contribution is -2.26. The summed E-state index contributed by atoms with van der Waals surface area (Å²) in [4.78, 5) is 46.2. The van der Waals surface area contributed by atoms with Gasteiger partial charge in [0.25, 0.3) is 12.4 Å². The summed E-state index contributed by atoms with van der Waals surface area (Å²) in [5.74, 6) is -0.0303. The molecule has 2 amide bonds.